The lowest BCUT2D eigenvalue weighted by Crippen LogP contribution is -1.99. The third-order valence-corrected chi connectivity index (χ3v) is 2.68. The molecular formula is C13H13N5. The molecular weight excluding hydrogens is 226 g/mol. The number of fused-ring (bicyclic) bond motifs is 1. The van der Waals surface area contributed by atoms with E-state index in [0.29, 0.717) is 11.6 Å². The minimum atomic E-state index is 0.567. The van der Waals surface area contributed by atoms with Crippen molar-refractivity contribution in [3.05, 3.63) is 41.9 Å². The number of benzene rings is 1. The SMILES string of the molecule is Cc1nc2nc(Nc3ccccc3)nc(C)c2[nH]1. The molecule has 0 spiro atoms. The van der Waals surface area contributed by atoms with Gasteiger partial charge in [0.2, 0.25) is 5.95 Å². The fourth-order valence-electron chi connectivity index (χ4n) is 1.86. The number of rotatable bonds is 2. The summed E-state index contributed by atoms with van der Waals surface area (Å²) in [5.41, 5.74) is 3.44. The van der Waals surface area contributed by atoms with Gasteiger partial charge < -0.3 is 10.3 Å². The van der Waals surface area contributed by atoms with Gasteiger partial charge >= 0.3 is 0 Å². The first kappa shape index (κ1) is 10.7. The summed E-state index contributed by atoms with van der Waals surface area (Å²) in [7, 11) is 0. The second kappa shape index (κ2) is 4.10. The molecule has 0 aliphatic rings. The average molecular weight is 239 g/mol. The molecule has 0 fully saturated rings. The second-order valence-electron chi connectivity index (χ2n) is 4.14. The van der Waals surface area contributed by atoms with Gasteiger partial charge in [0.1, 0.15) is 11.3 Å². The van der Waals surface area contributed by atoms with Crippen LogP contribution in [0.25, 0.3) is 11.2 Å². The van der Waals surface area contributed by atoms with Crippen LogP contribution in [-0.4, -0.2) is 19.9 Å². The molecule has 1 aromatic carbocycles. The summed E-state index contributed by atoms with van der Waals surface area (Å²) < 4.78 is 0. The number of H-pyrrole nitrogens is 1. The van der Waals surface area contributed by atoms with Crippen molar-refractivity contribution < 1.29 is 0 Å². The van der Waals surface area contributed by atoms with Crippen molar-refractivity contribution in [1.29, 1.82) is 0 Å². The van der Waals surface area contributed by atoms with Crippen LogP contribution in [0.5, 0.6) is 0 Å². The summed E-state index contributed by atoms with van der Waals surface area (Å²) in [6.07, 6.45) is 0. The van der Waals surface area contributed by atoms with Gasteiger partial charge in [-0.15, -0.1) is 0 Å². The molecule has 90 valence electrons. The van der Waals surface area contributed by atoms with E-state index in [1.807, 2.05) is 44.2 Å². The molecule has 0 atom stereocenters. The maximum absolute atomic E-state index is 4.42. The van der Waals surface area contributed by atoms with Crippen LogP contribution < -0.4 is 5.32 Å². The standard InChI is InChI=1S/C13H13N5/c1-8-11-12(16-9(2)15-11)18-13(14-8)17-10-6-4-3-5-7-10/h3-7H,1-2H3,(H2,14,15,16,17,18). The van der Waals surface area contributed by atoms with Crippen molar-refractivity contribution in [2.45, 2.75) is 13.8 Å². The third kappa shape index (κ3) is 1.90. The number of imidazole rings is 1. The zero-order valence-corrected chi connectivity index (χ0v) is 10.2. The number of nitrogens with zero attached hydrogens (tertiary/aromatic N) is 3. The van der Waals surface area contributed by atoms with Gasteiger partial charge in [-0.3, -0.25) is 0 Å². The van der Waals surface area contributed by atoms with E-state index in [9.17, 15) is 0 Å². The highest BCUT2D eigenvalue weighted by molar-refractivity contribution is 5.75. The Hall–Kier alpha value is -2.43. The van der Waals surface area contributed by atoms with Crippen LogP contribution in [0.2, 0.25) is 0 Å². The molecule has 0 amide bonds. The molecule has 0 saturated heterocycles. The first-order chi connectivity index (χ1) is 8.72. The van der Waals surface area contributed by atoms with Gasteiger partial charge in [-0.1, -0.05) is 18.2 Å². The predicted octanol–water partition coefficient (Wildman–Crippen LogP) is 2.71. The Morgan fingerprint density at radius 1 is 1.00 bits per heavy atom. The van der Waals surface area contributed by atoms with Crippen LogP contribution in [0.1, 0.15) is 11.5 Å². The molecule has 3 rings (SSSR count). The van der Waals surface area contributed by atoms with Crippen LogP contribution in [0, 0.1) is 13.8 Å². The third-order valence-electron chi connectivity index (χ3n) is 2.68. The molecule has 5 nitrogen and oxygen atoms in total. The Kier molecular flexibility index (Phi) is 2.44. The molecule has 2 N–H and O–H groups in total. The Bertz CT molecular complexity index is 687. The van der Waals surface area contributed by atoms with E-state index in [4.69, 9.17) is 0 Å². The molecule has 0 aliphatic carbocycles. The van der Waals surface area contributed by atoms with Crippen molar-refractivity contribution in [1.82, 2.24) is 19.9 Å². The summed E-state index contributed by atoms with van der Waals surface area (Å²) in [6, 6.07) is 9.84. The van der Waals surface area contributed by atoms with Crippen molar-refractivity contribution in [3.8, 4) is 0 Å². The summed E-state index contributed by atoms with van der Waals surface area (Å²) in [5, 5.41) is 3.17. The predicted molar refractivity (Wildman–Crippen MR) is 70.9 cm³/mol. The zero-order valence-electron chi connectivity index (χ0n) is 10.2. The zero-order chi connectivity index (χ0) is 12.5. The number of nitrogens with one attached hydrogen (secondary N) is 2. The first-order valence-corrected chi connectivity index (χ1v) is 5.75. The number of aromatic amines is 1. The van der Waals surface area contributed by atoms with E-state index in [1.54, 1.807) is 0 Å². The molecule has 2 aromatic heterocycles. The number of para-hydroxylation sites is 1. The Morgan fingerprint density at radius 3 is 2.56 bits per heavy atom. The first-order valence-electron chi connectivity index (χ1n) is 5.75. The van der Waals surface area contributed by atoms with Gasteiger partial charge in [-0.2, -0.15) is 4.98 Å². The van der Waals surface area contributed by atoms with Crippen LogP contribution in [-0.2, 0) is 0 Å². The number of hydrogen-bond donors (Lipinski definition) is 2. The van der Waals surface area contributed by atoms with E-state index in [2.05, 4.69) is 25.3 Å². The van der Waals surface area contributed by atoms with Gasteiger partial charge in [0.05, 0.1) is 5.69 Å². The maximum atomic E-state index is 4.42. The van der Waals surface area contributed by atoms with E-state index in [1.165, 1.54) is 0 Å². The monoisotopic (exact) mass is 239 g/mol. The lowest BCUT2D eigenvalue weighted by atomic mass is 10.3. The van der Waals surface area contributed by atoms with Gasteiger partial charge in [0, 0.05) is 5.69 Å². The van der Waals surface area contributed by atoms with Crippen molar-refractivity contribution in [2.75, 3.05) is 5.32 Å². The molecule has 0 saturated carbocycles. The molecule has 0 unspecified atom stereocenters. The number of aryl methyl sites for hydroxylation is 2. The van der Waals surface area contributed by atoms with Crippen LogP contribution in [0.3, 0.4) is 0 Å². The smallest absolute Gasteiger partial charge is 0.229 e. The molecule has 0 radical (unpaired) electrons. The topological polar surface area (TPSA) is 66.5 Å². The number of anilines is 2. The quantitative estimate of drug-likeness (QED) is 0.721. The highest BCUT2D eigenvalue weighted by atomic mass is 15.1. The minimum absolute atomic E-state index is 0.567. The molecule has 0 bridgehead atoms. The molecule has 3 aromatic rings. The normalized spacial score (nSPS) is 10.8. The van der Waals surface area contributed by atoms with Gasteiger partial charge in [0.25, 0.3) is 0 Å². The average Bonchev–Trinajstić information content (AvgIpc) is 2.72. The second-order valence-corrected chi connectivity index (χ2v) is 4.14. The highest BCUT2D eigenvalue weighted by Crippen LogP contribution is 2.17. The molecule has 0 aliphatic heterocycles. The van der Waals surface area contributed by atoms with Crippen LogP contribution in [0.4, 0.5) is 11.6 Å². The van der Waals surface area contributed by atoms with Crippen molar-refractivity contribution >= 4 is 22.8 Å². The van der Waals surface area contributed by atoms with Crippen LogP contribution >= 0.6 is 0 Å². The Labute approximate surface area is 104 Å². The molecule has 18 heavy (non-hydrogen) atoms. The van der Waals surface area contributed by atoms with E-state index in [0.717, 1.165) is 22.7 Å². The van der Waals surface area contributed by atoms with E-state index < -0.39 is 0 Å². The summed E-state index contributed by atoms with van der Waals surface area (Å²) in [4.78, 5) is 16.3. The molecule has 5 heteroatoms. The lowest BCUT2D eigenvalue weighted by molar-refractivity contribution is 1.14. The summed E-state index contributed by atoms with van der Waals surface area (Å²) in [5.74, 6) is 1.41. The van der Waals surface area contributed by atoms with Crippen molar-refractivity contribution in [3.63, 3.8) is 0 Å². The summed E-state index contributed by atoms with van der Waals surface area (Å²) in [6.45, 7) is 3.85. The van der Waals surface area contributed by atoms with Gasteiger partial charge in [-0.25, -0.2) is 9.97 Å². The lowest BCUT2D eigenvalue weighted by Gasteiger charge is -2.05. The fraction of sp³-hybridized carbons (Fsp3) is 0.154. The largest absolute Gasteiger partial charge is 0.339 e. The van der Waals surface area contributed by atoms with Crippen LogP contribution in [0.15, 0.2) is 30.3 Å². The maximum Gasteiger partial charge on any atom is 0.229 e. The van der Waals surface area contributed by atoms with E-state index >= 15 is 0 Å². The van der Waals surface area contributed by atoms with Gasteiger partial charge in [-0.05, 0) is 26.0 Å². The number of aromatic nitrogens is 4. The fourth-order valence-corrected chi connectivity index (χ4v) is 1.86. The Balaban J connectivity index is 2.02. The Morgan fingerprint density at radius 2 is 1.78 bits per heavy atom. The van der Waals surface area contributed by atoms with E-state index in [-0.39, 0.29) is 0 Å². The number of hydrogen-bond acceptors (Lipinski definition) is 4. The van der Waals surface area contributed by atoms with Crippen molar-refractivity contribution in [2.24, 2.45) is 0 Å². The minimum Gasteiger partial charge on any atom is -0.339 e. The van der Waals surface area contributed by atoms with Gasteiger partial charge in [0.15, 0.2) is 5.65 Å². The molecule has 2 heterocycles. The summed E-state index contributed by atoms with van der Waals surface area (Å²) >= 11 is 0. The highest BCUT2D eigenvalue weighted by Gasteiger charge is 2.08.